The van der Waals surface area contributed by atoms with E-state index in [1.807, 2.05) is 81.4 Å². The number of fused-ring (bicyclic) bond motifs is 7. The highest BCUT2D eigenvalue weighted by Gasteiger charge is 2.31. The van der Waals surface area contributed by atoms with Crippen LogP contribution in [0.5, 0.6) is 34.5 Å². The number of hydrogen-bond donors (Lipinski definition) is 0. The second-order valence-electron chi connectivity index (χ2n) is 12.6. The van der Waals surface area contributed by atoms with Crippen LogP contribution in [0.4, 0.5) is 0 Å². The molecular weight excluding hydrogens is 634 g/mol. The number of rotatable bonds is 12. The van der Waals surface area contributed by atoms with Gasteiger partial charge in [0.1, 0.15) is 17.7 Å². The number of aryl methyl sites for hydroxylation is 2. The Kier molecular flexibility index (Phi) is 9.06. The van der Waals surface area contributed by atoms with Gasteiger partial charge in [-0.05, 0) is 73.7 Å². The Bertz CT molecular complexity index is 2250. The summed E-state index contributed by atoms with van der Waals surface area (Å²) in [5.41, 5.74) is 6.12. The molecule has 0 spiro atoms. The lowest BCUT2D eigenvalue weighted by Crippen LogP contribution is -2.15. The van der Waals surface area contributed by atoms with E-state index in [1.54, 1.807) is 27.4 Å². The molecule has 4 aromatic carbocycles. The largest absolute Gasteiger partial charge is 0.493 e. The van der Waals surface area contributed by atoms with Gasteiger partial charge in [0.15, 0.2) is 34.5 Å². The van der Waals surface area contributed by atoms with Gasteiger partial charge in [0, 0.05) is 34.5 Å². The zero-order valence-electron chi connectivity index (χ0n) is 29.3. The molecule has 0 aliphatic carbocycles. The van der Waals surface area contributed by atoms with Crippen molar-refractivity contribution in [1.82, 2.24) is 4.57 Å². The average molecular weight is 676 g/mol. The number of hydrogen-bond acceptors (Lipinski definition) is 8. The van der Waals surface area contributed by atoms with E-state index >= 15 is 0 Å². The fourth-order valence-electron chi connectivity index (χ4n) is 6.77. The van der Waals surface area contributed by atoms with E-state index in [4.69, 9.17) is 32.8 Å². The van der Waals surface area contributed by atoms with Crippen LogP contribution in [0.3, 0.4) is 0 Å². The first-order valence-electron chi connectivity index (χ1n) is 16.9. The second-order valence-corrected chi connectivity index (χ2v) is 12.6. The van der Waals surface area contributed by atoms with Gasteiger partial charge in [-0.1, -0.05) is 43.3 Å². The number of benzene rings is 4. The van der Waals surface area contributed by atoms with Gasteiger partial charge in [-0.25, -0.2) is 4.79 Å². The molecule has 0 saturated carbocycles. The number of ether oxygens (including phenoxy) is 6. The molecule has 2 aromatic heterocycles. The van der Waals surface area contributed by atoms with Crippen molar-refractivity contribution in [3.63, 3.8) is 0 Å². The molecule has 9 nitrogen and oxygen atoms in total. The highest BCUT2D eigenvalue weighted by Crippen LogP contribution is 2.50. The van der Waals surface area contributed by atoms with Crippen LogP contribution in [0.2, 0.25) is 0 Å². The molecule has 0 N–H and O–H groups in total. The molecule has 0 saturated heterocycles. The van der Waals surface area contributed by atoms with Gasteiger partial charge in [-0.2, -0.15) is 0 Å². The first kappa shape index (κ1) is 33.0. The van der Waals surface area contributed by atoms with Crippen LogP contribution in [0.15, 0.2) is 82.0 Å². The van der Waals surface area contributed by atoms with Crippen LogP contribution < -0.4 is 34.0 Å². The summed E-state index contributed by atoms with van der Waals surface area (Å²) >= 11 is 0. The van der Waals surface area contributed by atoms with Crippen molar-refractivity contribution in [3.05, 3.63) is 94.3 Å². The van der Waals surface area contributed by atoms with E-state index < -0.39 is 5.63 Å². The summed E-state index contributed by atoms with van der Waals surface area (Å²) in [7, 11) is 4.88. The predicted molar refractivity (Wildman–Crippen MR) is 195 cm³/mol. The van der Waals surface area contributed by atoms with Crippen molar-refractivity contribution in [1.29, 1.82) is 0 Å². The van der Waals surface area contributed by atoms with Crippen molar-refractivity contribution >= 4 is 21.9 Å². The number of aromatic nitrogens is 1. The van der Waals surface area contributed by atoms with E-state index in [9.17, 15) is 4.79 Å². The third-order valence-electron chi connectivity index (χ3n) is 8.96. The normalized spacial score (nSPS) is 12.1. The van der Waals surface area contributed by atoms with Crippen LogP contribution in [0.1, 0.15) is 38.3 Å². The average Bonchev–Trinajstić information content (AvgIpc) is 3.49. The Hall–Kier alpha value is -5.57. The van der Waals surface area contributed by atoms with Crippen molar-refractivity contribution in [2.45, 2.75) is 52.9 Å². The molecule has 0 radical (unpaired) electrons. The molecule has 3 heterocycles. The van der Waals surface area contributed by atoms with Gasteiger partial charge in [-0.15, -0.1) is 0 Å². The van der Waals surface area contributed by atoms with Crippen LogP contribution in [0, 0.1) is 0 Å². The minimum absolute atomic E-state index is 0.0411. The SMILES string of the molecule is CCCOc1cc2oc(=O)c3c(c(-c4ccc(OC(C)C)c(OC)c4)c4n3CCc3cc(OCc5ccccc5)c(OC)cc3-4)c2cc1OC. The summed E-state index contributed by atoms with van der Waals surface area (Å²) in [6.07, 6.45) is 1.45. The lowest BCUT2D eigenvalue weighted by atomic mass is 9.91. The Morgan fingerprint density at radius 3 is 2.24 bits per heavy atom. The molecular formula is C41H41NO8. The Labute approximate surface area is 290 Å². The predicted octanol–water partition coefficient (Wildman–Crippen LogP) is 8.82. The van der Waals surface area contributed by atoms with Crippen LogP contribution in [0.25, 0.3) is 44.3 Å². The summed E-state index contributed by atoms with van der Waals surface area (Å²) in [6.45, 7) is 7.45. The van der Waals surface area contributed by atoms with Gasteiger partial charge in [0.25, 0.3) is 0 Å². The first-order chi connectivity index (χ1) is 24.3. The Morgan fingerprint density at radius 1 is 0.800 bits per heavy atom. The summed E-state index contributed by atoms with van der Waals surface area (Å²) in [6, 6.07) is 23.6. The maximum Gasteiger partial charge on any atom is 0.361 e. The zero-order valence-corrected chi connectivity index (χ0v) is 29.3. The molecule has 9 heteroatoms. The minimum Gasteiger partial charge on any atom is -0.493 e. The monoisotopic (exact) mass is 675 g/mol. The molecule has 6 aromatic rings. The lowest BCUT2D eigenvalue weighted by molar-refractivity contribution is 0.230. The smallest absolute Gasteiger partial charge is 0.361 e. The quantitative estimate of drug-likeness (QED) is 0.119. The maximum atomic E-state index is 14.0. The van der Waals surface area contributed by atoms with Gasteiger partial charge < -0.3 is 37.4 Å². The minimum atomic E-state index is -0.434. The molecule has 0 unspecified atom stereocenters. The third kappa shape index (κ3) is 5.87. The van der Waals surface area contributed by atoms with Crippen molar-refractivity contribution in [2.24, 2.45) is 0 Å². The van der Waals surface area contributed by atoms with E-state index in [1.165, 1.54) is 0 Å². The molecule has 0 amide bonds. The van der Waals surface area contributed by atoms with Crippen LogP contribution in [-0.4, -0.2) is 38.6 Å². The summed E-state index contributed by atoms with van der Waals surface area (Å²) in [5.74, 6) is 3.55. The first-order valence-corrected chi connectivity index (χ1v) is 16.9. The summed E-state index contributed by atoms with van der Waals surface area (Å²) in [4.78, 5) is 14.0. The second kappa shape index (κ2) is 13.7. The molecule has 1 aliphatic heterocycles. The fraction of sp³-hybridized carbons (Fsp3) is 0.293. The fourth-order valence-corrected chi connectivity index (χ4v) is 6.77. The third-order valence-corrected chi connectivity index (χ3v) is 8.96. The van der Waals surface area contributed by atoms with Crippen molar-refractivity contribution in [2.75, 3.05) is 27.9 Å². The number of nitrogens with zero attached hydrogens (tertiary/aromatic N) is 1. The lowest BCUT2D eigenvalue weighted by Gasteiger charge is -2.23. The summed E-state index contributed by atoms with van der Waals surface area (Å²) in [5, 5.41) is 1.48. The maximum absolute atomic E-state index is 14.0. The molecule has 258 valence electrons. The molecule has 1 aliphatic rings. The van der Waals surface area contributed by atoms with Crippen molar-refractivity contribution < 1.29 is 32.8 Å². The topological polar surface area (TPSA) is 90.5 Å². The molecule has 0 atom stereocenters. The molecule has 50 heavy (non-hydrogen) atoms. The molecule has 0 bridgehead atoms. The van der Waals surface area contributed by atoms with Gasteiger partial charge >= 0.3 is 5.63 Å². The van der Waals surface area contributed by atoms with Gasteiger partial charge in [-0.3, -0.25) is 0 Å². The highest BCUT2D eigenvalue weighted by atomic mass is 16.5. The molecule has 7 rings (SSSR count). The molecule has 0 fully saturated rings. The van der Waals surface area contributed by atoms with Crippen molar-refractivity contribution in [3.8, 4) is 56.9 Å². The van der Waals surface area contributed by atoms with E-state index in [-0.39, 0.29) is 6.10 Å². The van der Waals surface area contributed by atoms with Crippen LogP contribution in [-0.2, 0) is 19.6 Å². The summed E-state index contributed by atoms with van der Waals surface area (Å²) < 4.78 is 44.0. The van der Waals surface area contributed by atoms with E-state index in [2.05, 4.69) is 10.6 Å². The van der Waals surface area contributed by atoms with E-state index in [0.29, 0.717) is 71.8 Å². The Morgan fingerprint density at radius 2 is 1.52 bits per heavy atom. The number of methoxy groups -OCH3 is 3. The van der Waals surface area contributed by atoms with E-state index in [0.717, 1.165) is 50.7 Å². The highest BCUT2D eigenvalue weighted by molar-refractivity contribution is 6.17. The Balaban J connectivity index is 1.51. The zero-order chi connectivity index (χ0) is 34.9. The van der Waals surface area contributed by atoms with Gasteiger partial charge in [0.2, 0.25) is 0 Å². The standard InChI is InChI=1S/C41H41NO8/c1-7-17-47-36-22-31-29(21-34(36)46-6)38-37(27-13-14-30(49-24(2)3)32(19-27)44-4)39-28-20-33(45-5)35(48-23-25-11-9-8-10-12-25)18-26(28)15-16-42(39)40(38)41(43)50-31/h8-14,18-22,24H,7,15-17,23H2,1-6H3. The van der Waals surface area contributed by atoms with Gasteiger partial charge in [0.05, 0.1) is 39.7 Å². The van der Waals surface area contributed by atoms with Crippen LogP contribution >= 0.6 is 0 Å².